The molecule has 1 fully saturated rings. The van der Waals surface area contributed by atoms with E-state index in [0.29, 0.717) is 54.2 Å². The molecule has 1 aromatic carbocycles. The molecule has 1 aliphatic rings. The topological polar surface area (TPSA) is 105 Å². The van der Waals surface area contributed by atoms with E-state index < -0.39 is 0 Å². The molecular weight excluding hydrogens is 496 g/mol. The average molecular weight is 531 g/mol. The third kappa shape index (κ3) is 4.87. The van der Waals surface area contributed by atoms with Gasteiger partial charge < -0.3 is 23.8 Å². The number of nitrogens with one attached hydrogen (secondary N) is 1. The van der Waals surface area contributed by atoms with Gasteiger partial charge in [0.25, 0.3) is 11.5 Å². The van der Waals surface area contributed by atoms with Gasteiger partial charge in [-0.25, -0.2) is 4.98 Å². The number of carbonyl (C=O) groups excluding carboxylic acids is 1. The molecule has 4 heterocycles. The van der Waals surface area contributed by atoms with Crippen molar-refractivity contribution in [1.29, 1.82) is 5.41 Å². The van der Waals surface area contributed by atoms with E-state index in [1.54, 1.807) is 42.0 Å². The quantitative estimate of drug-likeness (QED) is 0.368. The van der Waals surface area contributed by atoms with Crippen LogP contribution in [-0.4, -0.2) is 76.6 Å². The Balaban J connectivity index is 1.63. The molecule has 1 aliphatic heterocycles. The van der Waals surface area contributed by atoms with E-state index in [4.69, 9.17) is 19.9 Å². The van der Waals surface area contributed by atoms with Gasteiger partial charge in [-0.3, -0.25) is 19.4 Å². The summed E-state index contributed by atoms with van der Waals surface area (Å²) in [5.41, 5.74) is 2.75. The van der Waals surface area contributed by atoms with Gasteiger partial charge in [0.2, 0.25) is 0 Å². The molecule has 0 spiro atoms. The van der Waals surface area contributed by atoms with E-state index in [1.807, 2.05) is 31.2 Å². The lowest BCUT2D eigenvalue weighted by Gasteiger charge is -2.34. The molecule has 1 saturated heterocycles. The Hall–Kier alpha value is -4.18. The van der Waals surface area contributed by atoms with Crippen LogP contribution in [-0.2, 0) is 13.0 Å². The molecule has 0 unspecified atom stereocenters. The molecule has 1 amide bonds. The van der Waals surface area contributed by atoms with Crippen LogP contribution < -0.4 is 20.5 Å². The minimum absolute atomic E-state index is 0.0516. The van der Waals surface area contributed by atoms with Gasteiger partial charge >= 0.3 is 0 Å². The fourth-order valence-electron chi connectivity index (χ4n) is 5.19. The van der Waals surface area contributed by atoms with Crippen LogP contribution >= 0.6 is 0 Å². The van der Waals surface area contributed by atoms with Gasteiger partial charge in [-0.15, -0.1) is 0 Å². The Bertz CT molecular complexity index is 1670. The third-order valence-corrected chi connectivity index (χ3v) is 7.54. The van der Waals surface area contributed by atoms with Crippen molar-refractivity contribution in [2.24, 2.45) is 0 Å². The van der Waals surface area contributed by atoms with Gasteiger partial charge in [0, 0.05) is 38.9 Å². The summed E-state index contributed by atoms with van der Waals surface area (Å²) in [6.07, 6.45) is 2.22. The molecule has 39 heavy (non-hydrogen) atoms. The Labute approximate surface area is 226 Å². The van der Waals surface area contributed by atoms with Crippen LogP contribution in [0, 0.1) is 12.3 Å². The second kappa shape index (κ2) is 10.9. The van der Waals surface area contributed by atoms with Crippen molar-refractivity contribution in [3.05, 3.63) is 75.1 Å². The second-order valence-electron chi connectivity index (χ2n) is 9.76. The number of methoxy groups -OCH3 is 2. The average Bonchev–Trinajstić information content (AvgIpc) is 2.96. The number of fused-ring (bicyclic) bond motifs is 2. The molecule has 0 saturated carbocycles. The zero-order valence-corrected chi connectivity index (χ0v) is 22.9. The number of amides is 1. The van der Waals surface area contributed by atoms with Crippen molar-refractivity contribution in [2.75, 3.05) is 46.9 Å². The predicted octanol–water partition coefficient (Wildman–Crippen LogP) is 2.47. The van der Waals surface area contributed by atoms with Gasteiger partial charge in [0.05, 0.1) is 25.2 Å². The van der Waals surface area contributed by atoms with Gasteiger partial charge in [0.15, 0.2) is 11.5 Å². The van der Waals surface area contributed by atoms with Crippen LogP contribution in [0.25, 0.3) is 16.7 Å². The van der Waals surface area contributed by atoms with Crippen LogP contribution in [0.3, 0.4) is 0 Å². The summed E-state index contributed by atoms with van der Waals surface area (Å²) < 4.78 is 14.0. The summed E-state index contributed by atoms with van der Waals surface area (Å²) in [7, 11) is 3.18. The highest BCUT2D eigenvalue weighted by atomic mass is 16.5. The lowest BCUT2D eigenvalue weighted by molar-refractivity contribution is 0.0640. The Kier molecular flexibility index (Phi) is 7.38. The molecule has 3 aromatic heterocycles. The fourth-order valence-corrected chi connectivity index (χ4v) is 5.19. The minimum atomic E-state index is -0.261. The highest BCUT2D eigenvalue weighted by Gasteiger charge is 2.25. The largest absolute Gasteiger partial charge is 0.493 e. The van der Waals surface area contributed by atoms with Gasteiger partial charge in [-0.05, 0) is 55.3 Å². The summed E-state index contributed by atoms with van der Waals surface area (Å²) in [4.78, 5) is 36.2. The molecule has 0 bridgehead atoms. The lowest BCUT2D eigenvalue weighted by atomic mass is 10.1. The first-order chi connectivity index (χ1) is 18.9. The van der Waals surface area contributed by atoms with Crippen molar-refractivity contribution >= 4 is 22.6 Å². The number of hydrogen-bond donors (Lipinski definition) is 1. The van der Waals surface area contributed by atoms with E-state index >= 15 is 0 Å². The molecular formula is C29H34N6O4. The maximum Gasteiger partial charge on any atom is 0.267 e. The first kappa shape index (κ1) is 26.4. The molecule has 1 N–H and O–H groups in total. The molecule has 10 heteroatoms. The minimum Gasteiger partial charge on any atom is -0.493 e. The molecule has 0 atom stereocenters. The van der Waals surface area contributed by atoms with Crippen LogP contribution in [0.4, 0.5) is 0 Å². The van der Waals surface area contributed by atoms with Gasteiger partial charge in [-0.2, -0.15) is 0 Å². The van der Waals surface area contributed by atoms with Crippen molar-refractivity contribution in [1.82, 2.24) is 23.8 Å². The zero-order valence-electron chi connectivity index (χ0n) is 22.9. The highest BCUT2D eigenvalue weighted by Crippen LogP contribution is 2.28. The molecule has 0 radical (unpaired) electrons. The molecule has 204 valence electrons. The normalized spacial score (nSPS) is 14.2. The van der Waals surface area contributed by atoms with E-state index in [1.165, 1.54) is 4.40 Å². The maximum absolute atomic E-state index is 13.7. The Morgan fingerprint density at radius 2 is 1.77 bits per heavy atom. The monoisotopic (exact) mass is 530 g/mol. The third-order valence-electron chi connectivity index (χ3n) is 7.54. The van der Waals surface area contributed by atoms with Crippen LogP contribution in [0.1, 0.15) is 28.4 Å². The summed E-state index contributed by atoms with van der Waals surface area (Å²) in [5.74, 6) is 1.02. The number of nitrogens with zero attached hydrogens (tertiary/aromatic N) is 5. The maximum atomic E-state index is 13.7. The first-order valence-corrected chi connectivity index (χ1v) is 13.2. The van der Waals surface area contributed by atoms with Crippen molar-refractivity contribution in [3.63, 3.8) is 0 Å². The standard InChI is InChI=1S/C29H34N6O4/c1-5-32-13-15-33(16-14-32)28(36)21-18-22-27(31-26-19(2)7-6-11-35(26)29(22)37)34(25(21)30)12-10-20-8-9-23(38-3)24(17-20)39-4/h6-9,11,17-18,30H,5,10,12-16H2,1-4H3. The highest BCUT2D eigenvalue weighted by molar-refractivity contribution is 5.97. The summed E-state index contributed by atoms with van der Waals surface area (Å²) >= 11 is 0. The number of hydrogen-bond acceptors (Lipinski definition) is 7. The number of aromatic nitrogens is 3. The van der Waals surface area contributed by atoms with E-state index in [0.717, 1.165) is 30.8 Å². The number of piperazine rings is 1. The van der Waals surface area contributed by atoms with Crippen LogP contribution in [0.5, 0.6) is 11.5 Å². The van der Waals surface area contributed by atoms with Gasteiger partial charge in [0.1, 0.15) is 16.8 Å². The number of ether oxygens (including phenoxy) is 2. The second-order valence-corrected chi connectivity index (χ2v) is 9.76. The number of benzene rings is 1. The Morgan fingerprint density at radius 1 is 1.03 bits per heavy atom. The summed E-state index contributed by atoms with van der Waals surface area (Å²) in [6.45, 7) is 8.05. The van der Waals surface area contributed by atoms with E-state index in [9.17, 15) is 9.59 Å². The first-order valence-electron chi connectivity index (χ1n) is 13.2. The molecule has 10 nitrogen and oxygen atoms in total. The fraction of sp³-hybridized carbons (Fsp3) is 0.379. The number of rotatable bonds is 7. The zero-order chi connectivity index (χ0) is 27.7. The lowest BCUT2D eigenvalue weighted by Crippen LogP contribution is -2.49. The number of carbonyl (C=O) groups is 1. The summed E-state index contributed by atoms with van der Waals surface area (Å²) in [5, 5.41) is 9.42. The van der Waals surface area contributed by atoms with E-state index in [-0.39, 0.29) is 22.5 Å². The van der Waals surface area contributed by atoms with Gasteiger partial charge in [-0.1, -0.05) is 19.1 Å². The Morgan fingerprint density at radius 3 is 2.46 bits per heavy atom. The molecule has 5 rings (SSSR count). The van der Waals surface area contributed by atoms with E-state index in [2.05, 4.69) is 11.8 Å². The predicted molar refractivity (Wildman–Crippen MR) is 149 cm³/mol. The van der Waals surface area contributed by atoms with Crippen molar-refractivity contribution in [2.45, 2.75) is 26.8 Å². The van der Waals surface area contributed by atoms with Crippen LogP contribution in [0.2, 0.25) is 0 Å². The number of pyridine rings is 2. The molecule has 4 aromatic rings. The van der Waals surface area contributed by atoms with Crippen LogP contribution in [0.15, 0.2) is 47.4 Å². The number of likely N-dealkylation sites (N-methyl/N-ethyl adjacent to an activating group) is 1. The smallest absolute Gasteiger partial charge is 0.267 e. The number of aryl methyl sites for hydroxylation is 3. The van der Waals surface area contributed by atoms with Crippen molar-refractivity contribution in [3.8, 4) is 11.5 Å². The summed E-state index contributed by atoms with van der Waals surface area (Å²) in [6, 6.07) is 10.9. The SMILES string of the molecule is CCN1CCN(C(=O)c2cc3c(=O)n4cccc(C)c4nc3n(CCc3ccc(OC)c(OC)c3)c2=N)CC1. The van der Waals surface area contributed by atoms with Crippen molar-refractivity contribution < 1.29 is 14.3 Å². The molecule has 0 aliphatic carbocycles.